The summed E-state index contributed by atoms with van der Waals surface area (Å²) in [5.41, 5.74) is 0.994. The molecule has 1 saturated heterocycles. The second-order valence-electron chi connectivity index (χ2n) is 4.84. The van der Waals surface area contributed by atoms with Crippen molar-refractivity contribution in [1.82, 2.24) is 15.2 Å². The summed E-state index contributed by atoms with van der Waals surface area (Å²) in [5.74, 6) is 0.274. The molecule has 1 aliphatic rings. The van der Waals surface area contributed by atoms with Crippen LogP contribution in [0.1, 0.15) is 31.4 Å². The number of carbonyl (C=O) groups excluding carboxylic acids is 1. The van der Waals surface area contributed by atoms with Crippen LogP contribution in [-0.4, -0.2) is 35.4 Å². The molecule has 0 atom stereocenters. The number of halogens is 1. The Bertz CT molecular complexity index is 402. The molecule has 5 heteroatoms. The number of amides is 1. The van der Waals surface area contributed by atoms with Gasteiger partial charge in [0.15, 0.2) is 0 Å². The fraction of sp³-hybridized carbons (Fsp3) is 0.571. The Labute approximate surface area is 122 Å². The highest BCUT2D eigenvalue weighted by Gasteiger charge is 2.15. The van der Waals surface area contributed by atoms with E-state index in [0.29, 0.717) is 19.5 Å². The molecular weight excluding hydrogens is 306 g/mol. The quantitative estimate of drug-likeness (QED) is 0.845. The van der Waals surface area contributed by atoms with Crippen LogP contribution in [0.5, 0.6) is 0 Å². The maximum atomic E-state index is 11.9. The van der Waals surface area contributed by atoms with Gasteiger partial charge in [-0.15, -0.1) is 0 Å². The molecule has 1 aromatic heterocycles. The second-order valence-corrected chi connectivity index (χ2v) is 5.75. The lowest BCUT2D eigenvalue weighted by Gasteiger charge is -2.26. The van der Waals surface area contributed by atoms with E-state index >= 15 is 0 Å². The lowest BCUT2D eigenvalue weighted by molar-refractivity contribution is -0.131. The average Bonchev–Trinajstić information content (AvgIpc) is 2.46. The van der Waals surface area contributed by atoms with Gasteiger partial charge in [-0.05, 0) is 47.3 Å². The first kappa shape index (κ1) is 14.5. The van der Waals surface area contributed by atoms with Crippen molar-refractivity contribution in [3.8, 4) is 0 Å². The van der Waals surface area contributed by atoms with Crippen LogP contribution in [0.2, 0.25) is 0 Å². The van der Waals surface area contributed by atoms with Crippen LogP contribution >= 0.6 is 15.9 Å². The molecular formula is C14H20BrN3O. The van der Waals surface area contributed by atoms with E-state index in [2.05, 4.69) is 26.2 Å². The lowest BCUT2D eigenvalue weighted by Crippen LogP contribution is -2.37. The van der Waals surface area contributed by atoms with Crippen LogP contribution in [0.4, 0.5) is 0 Å². The SMILES string of the molecule is O=C(CCNCc1ccc(Br)cn1)N1CCCCC1. The lowest BCUT2D eigenvalue weighted by atomic mass is 10.1. The Morgan fingerprint density at radius 3 is 2.79 bits per heavy atom. The van der Waals surface area contributed by atoms with Gasteiger partial charge < -0.3 is 10.2 Å². The highest BCUT2D eigenvalue weighted by Crippen LogP contribution is 2.10. The molecule has 1 fully saturated rings. The van der Waals surface area contributed by atoms with Crippen molar-refractivity contribution in [2.45, 2.75) is 32.2 Å². The molecule has 2 heterocycles. The number of carbonyl (C=O) groups is 1. The molecule has 0 aromatic carbocycles. The zero-order chi connectivity index (χ0) is 13.5. The summed E-state index contributed by atoms with van der Waals surface area (Å²) in [4.78, 5) is 18.2. The predicted octanol–water partition coefficient (Wildman–Crippen LogP) is 2.34. The average molecular weight is 326 g/mol. The number of hydrogen-bond acceptors (Lipinski definition) is 3. The largest absolute Gasteiger partial charge is 0.343 e. The van der Waals surface area contributed by atoms with E-state index in [-0.39, 0.29) is 5.91 Å². The van der Waals surface area contributed by atoms with Gasteiger partial charge in [0.2, 0.25) is 5.91 Å². The zero-order valence-electron chi connectivity index (χ0n) is 11.1. The minimum absolute atomic E-state index is 0.274. The van der Waals surface area contributed by atoms with Gasteiger partial charge in [0.1, 0.15) is 0 Å². The molecule has 1 N–H and O–H groups in total. The number of nitrogens with one attached hydrogen (secondary N) is 1. The molecule has 19 heavy (non-hydrogen) atoms. The molecule has 1 aromatic rings. The minimum Gasteiger partial charge on any atom is -0.343 e. The molecule has 104 valence electrons. The van der Waals surface area contributed by atoms with E-state index in [0.717, 1.165) is 36.1 Å². The number of aromatic nitrogens is 1. The van der Waals surface area contributed by atoms with E-state index in [1.165, 1.54) is 6.42 Å². The number of hydrogen-bond donors (Lipinski definition) is 1. The van der Waals surface area contributed by atoms with Gasteiger partial charge in [0.05, 0.1) is 5.69 Å². The van der Waals surface area contributed by atoms with E-state index < -0.39 is 0 Å². The molecule has 0 aliphatic carbocycles. The van der Waals surface area contributed by atoms with Gasteiger partial charge in [0, 0.05) is 43.3 Å². The molecule has 0 spiro atoms. The van der Waals surface area contributed by atoms with Crippen molar-refractivity contribution >= 4 is 21.8 Å². The fourth-order valence-electron chi connectivity index (χ4n) is 2.22. The van der Waals surface area contributed by atoms with Crippen molar-refractivity contribution in [3.05, 3.63) is 28.5 Å². The number of likely N-dealkylation sites (tertiary alicyclic amines) is 1. The van der Waals surface area contributed by atoms with Gasteiger partial charge in [-0.3, -0.25) is 9.78 Å². The van der Waals surface area contributed by atoms with Crippen LogP contribution in [-0.2, 0) is 11.3 Å². The summed E-state index contributed by atoms with van der Waals surface area (Å²) in [6.07, 6.45) is 5.94. The van der Waals surface area contributed by atoms with Gasteiger partial charge in [-0.1, -0.05) is 0 Å². The molecule has 1 aliphatic heterocycles. The third-order valence-corrected chi connectivity index (χ3v) is 3.79. The Kier molecular flexibility index (Phi) is 5.79. The summed E-state index contributed by atoms with van der Waals surface area (Å²) >= 11 is 3.36. The van der Waals surface area contributed by atoms with Gasteiger partial charge in [-0.2, -0.15) is 0 Å². The Balaban J connectivity index is 1.63. The number of rotatable bonds is 5. The normalized spacial score (nSPS) is 15.5. The van der Waals surface area contributed by atoms with Crippen molar-refractivity contribution in [2.24, 2.45) is 0 Å². The minimum atomic E-state index is 0.274. The van der Waals surface area contributed by atoms with E-state index in [9.17, 15) is 4.79 Å². The van der Waals surface area contributed by atoms with Crippen molar-refractivity contribution in [3.63, 3.8) is 0 Å². The van der Waals surface area contributed by atoms with Gasteiger partial charge in [-0.25, -0.2) is 0 Å². The summed E-state index contributed by atoms with van der Waals surface area (Å²) in [7, 11) is 0. The molecule has 1 amide bonds. The number of pyridine rings is 1. The highest BCUT2D eigenvalue weighted by molar-refractivity contribution is 9.10. The Morgan fingerprint density at radius 1 is 1.32 bits per heavy atom. The van der Waals surface area contributed by atoms with Crippen molar-refractivity contribution in [1.29, 1.82) is 0 Å². The van der Waals surface area contributed by atoms with Crippen LogP contribution in [0.3, 0.4) is 0 Å². The maximum absolute atomic E-state index is 11.9. The van der Waals surface area contributed by atoms with Crippen LogP contribution < -0.4 is 5.32 Å². The predicted molar refractivity (Wildman–Crippen MR) is 78.7 cm³/mol. The fourth-order valence-corrected chi connectivity index (χ4v) is 2.46. The van der Waals surface area contributed by atoms with Crippen LogP contribution in [0.25, 0.3) is 0 Å². The maximum Gasteiger partial charge on any atom is 0.223 e. The van der Waals surface area contributed by atoms with Crippen molar-refractivity contribution < 1.29 is 4.79 Å². The summed E-state index contributed by atoms with van der Waals surface area (Å²) in [5, 5.41) is 3.27. The smallest absolute Gasteiger partial charge is 0.223 e. The third kappa shape index (κ3) is 4.91. The molecule has 2 rings (SSSR count). The van der Waals surface area contributed by atoms with E-state index in [1.54, 1.807) is 6.20 Å². The first-order valence-corrected chi connectivity index (χ1v) is 7.64. The van der Waals surface area contributed by atoms with E-state index in [4.69, 9.17) is 0 Å². The van der Waals surface area contributed by atoms with E-state index in [1.807, 2.05) is 17.0 Å². The molecule has 4 nitrogen and oxygen atoms in total. The number of piperidine rings is 1. The summed E-state index contributed by atoms with van der Waals surface area (Å²) in [6.45, 7) is 3.30. The van der Waals surface area contributed by atoms with Gasteiger partial charge in [0.25, 0.3) is 0 Å². The first-order chi connectivity index (χ1) is 9.25. The van der Waals surface area contributed by atoms with Crippen LogP contribution in [0.15, 0.2) is 22.8 Å². The topological polar surface area (TPSA) is 45.2 Å². The highest BCUT2D eigenvalue weighted by atomic mass is 79.9. The third-order valence-electron chi connectivity index (χ3n) is 3.32. The Hall–Kier alpha value is -0.940. The monoisotopic (exact) mass is 325 g/mol. The standard InChI is InChI=1S/C14H20BrN3O/c15-12-4-5-13(17-10-12)11-16-7-6-14(19)18-8-2-1-3-9-18/h4-5,10,16H,1-3,6-9,11H2. The molecule has 0 saturated carbocycles. The summed E-state index contributed by atoms with van der Waals surface area (Å²) < 4.78 is 0.983. The Morgan fingerprint density at radius 2 is 2.11 bits per heavy atom. The first-order valence-electron chi connectivity index (χ1n) is 6.84. The molecule has 0 unspecified atom stereocenters. The zero-order valence-corrected chi connectivity index (χ0v) is 12.7. The van der Waals surface area contributed by atoms with Gasteiger partial charge >= 0.3 is 0 Å². The van der Waals surface area contributed by atoms with Crippen LogP contribution in [0, 0.1) is 0 Å². The second kappa shape index (κ2) is 7.60. The molecule has 0 radical (unpaired) electrons. The summed E-state index contributed by atoms with van der Waals surface area (Å²) in [6, 6.07) is 3.95. The molecule has 0 bridgehead atoms. The number of nitrogens with zero attached hydrogens (tertiary/aromatic N) is 2. The van der Waals surface area contributed by atoms with Crippen molar-refractivity contribution in [2.75, 3.05) is 19.6 Å².